The second-order valence-electron chi connectivity index (χ2n) is 4.63. The average molecular weight is 228 g/mol. The summed E-state index contributed by atoms with van der Waals surface area (Å²) in [5, 5.41) is 2.98. The largest absolute Gasteiger partial charge is 0.381 e. The van der Waals surface area contributed by atoms with E-state index in [4.69, 9.17) is 10.5 Å². The summed E-state index contributed by atoms with van der Waals surface area (Å²) >= 11 is 0. The lowest BCUT2D eigenvalue weighted by atomic mass is 9.92. The second kappa shape index (κ2) is 6.21. The van der Waals surface area contributed by atoms with Crippen molar-refractivity contribution in [1.82, 2.24) is 5.32 Å². The van der Waals surface area contributed by atoms with Crippen LogP contribution in [0.1, 0.15) is 39.5 Å². The lowest BCUT2D eigenvalue weighted by molar-refractivity contribution is -0.127. The minimum atomic E-state index is -0.689. The van der Waals surface area contributed by atoms with Crippen molar-refractivity contribution in [2.24, 2.45) is 11.7 Å². The summed E-state index contributed by atoms with van der Waals surface area (Å²) in [6.07, 6.45) is 3.44. The SMILES string of the molecule is CCC(N)(CC)C(=O)NCC1CCOCC1. The van der Waals surface area contributed by atoms with E-state index >= 15 is 0 Å². The Kier molecular flexibility index (Phi) is 5.22. The van der Waals surface area contributed by atoms with Gasteiger partial charge < -0.3 is 15.8 Å². The number of nitrogens with two attached hydrogens (primary N) is 1. The highest BCUT2D eigenvalue weighted by atomic mass is 16.5. The fourth-order valence-corrected chi connectivity index (χ4v) is 1.93. The van der Waals surface area contributed by atoms with Crippen molar-refractivity contribution in [2.75, 3.05) is 19.8 Å². The predicted octanol–water partition coefficient (Wildman–Crippen LogP) is 1.05. The summed E-state index contributed by atoms with van der Waals surface area (Å²) in [6.45, 7) is 6.28. The summed E-state index contributed by atoms with van der Waals surface area (Å²) in [5.74, 6) is 0.541. The maximum atomic E-state index is 11.9. The van der Waals surface area contributed by atoms with Crippen molar-refractivity contribution in [2.45, 2.75) is 45.1 Å². The lowest BCUT2D eigenvalue weighted by Crippen LogP contribution is -2.54. The van der Waals surface area contributed by atoms with Crippen LogP contribution in [0.4, 0.5) is 0 Å². The zero-order valence-corrected chi connectivity index (χ0v) is 10.4. The van der Waals surface area contributed by atoms with Gasteiger partial charge in [-0.15, -0.1) is 0 Å². The Labute approximate surface area is 97.9 Å². The monoisotopic (exact) mass is 228 g/mol. The van der Waals surface area contributed by atoms with E-state index in [1.165, 1.54) is 0 Å². The van der Waals surface area contributed by atoms with E-state index in [1.807, 2.05) is 13.8 Å². The van der Waals surface area contributed by atoms with Crippen LogP contribution in [0.5, 0.6) is 0 Å². The van der Waals surface area contributed by atoms with Crippen molar-refractivity contribution >= 4 is 5.91 Å². The molecule has 4 heteroatoms. The van der Waals surface area contributed by atoms with Crippen molar-refractivity contribution in [3.05, 3.63) is 0 Å². The van der Waals surface area contributed by atoms with Gasteiger partial charge in [0.15, 0.2) is 0 Å². The van der Waals surface area contributed by atoms with Gasteiger partial charge in [-0.3, -0.25) is 4.79 Å². The Balaban J connectivity index is 2.33. The van der Waals surface area contributed by atoms with Crippen molar-refractivity contribution in [3.63, 3.8) is 0 Å². The van der Waals surface area contributed by atoms with Gasteiger partial charge in [-0.05, 0) is 31.6 Å². The molecule has 0 aliphatic carbocycles. The third kappa shape index (κ3) is 3.46. The number of ether oxygens (including phenoxy) is 1. The molecule has 16 heavy (non-hydrogen) atoms. The minimum Gasteiger partial charge on any atom is -0.381 e. The van der Waals surface area contributed by atoms with E-state index in [1.54, 1.807) is 0 Å². The zero-order chi connectivity index (χ0) is 12.0. The molecule has 94 valence electrons. The molecule has 0 unspecified atom stereocenters. The van der Waals surface area contributed by atoms with Crippen molar-refractivity contribution in [3.8, 4) is 0 Å². The molecule has 3 N–H and O–H groups in total. The number of rotatable bonds is 5. The highest BCUT2D eigenvalue weighted by molar-refractivity contribution is 5.85. The molecule has 0 spiro atoms. The van der Waals surface area contributed by atoms with Crippen LogP contribution in [-0.2, 0) is 9.53 Å². The standard InChI is InChI=1S/C12H24N2O2/c1-3-12(13,4-2)11(15)14-9-10-5-7-16-8-6-10/h10H,3-9,13H2,1-2H3,(H,14,15). The van der Waals surface area contributed by atoms with Crippen LogP contribution in [0, 0.1) is 5.92 Å². The number of hydrogen-bond acceptors (Lipinski definition) is 3. The summed E-state index contributed by atoms with van der Waals surface area (Å²) < 4.78 is 5.28. The molecule has 0 bridgehead atoms. The van der Waals surface area contributed by atoms with E-state index in [0.29, 0.717) is 18.8 Å². The van der Waals surface area contributed by atoms with Crippen LogP contribution in [0.25, 0.3) is 0 Å². The van der Waals surface area contributed by atoms with Gasteiger partial charge in [-0.2, -0.15) is 0 Å². The molecular formula is C12H24N2O2. The fraction of sp³-hybridized carbons (Fsp3) is 0.917. The summed E-state index contributed by atoms with van der Waals surface area (Å²) in [5.41, 5.74) is 5.33. The molecule has 1 fully saturated rings. The Morgan fingerprint density at radius 2 is 1.94 bits per heavy atom. The van der Waals surface area contributed by atoms with Gasteiger partial charge in [0.05, 0.1) is 5.54 Å². The van der Waals surface area contributed by atoms with E-state index in [9.17, 15) is 4.79 Å². The number of nitrogens with one attached hydrogen (secondary N) is 1. The molecule has 1 saturated heterocycles. The molecule has 1 amide bonds. The normalized spacial score (nSPS) is 18.4. The topological polar surface area (TPSA) is 64.4 Å². The van der Waals surface area contributed by atoms with Crippen LogP contribution < -0.4 is 11.1 Å². The molecule has 0 aromatic rings. The molecular weight excluding hydrogens is 204 g/mol. The molecule has 0 saturated carbocycles. The molecule has 0 aromatic heterocycles. The predicted molar refractivity (Wildman–Crippen MR) is 64.1 cm³/mol. The molecule has 1 aliphatic rings. The lowest BCUT2D eigenvalue weighted by Gasteiger charge is -2.28. The van der Waals surface area contributed by atoms with E-state index in [0.717, 1.165) is 32.6 Å². The second-order valence-corrected chi connectivity index (χ2v) is 4.63. The molecule has 0 aromatic carbocycles. The van der Waals surface area contributed by atoms with Crippen molar-refractivity contribution in [1.29, 1.82) is 0 Å². The number of carbonyl (C=O) groups excluding carboxylic acids is 1. The van der Waals surface area contributed by atoms with Crippen LogP contribution >= 0.6 is 0 Å². The highest BCUT2D eigenvalue weighted by Crippen LogP contribution is 2.15. The van der Waals surface area contributed by atoms with Gasteiger partial charge in [-0.25, -0.2) is 0 Å². The first-order chi connectivity index (χ1) is 7.62. The van der Waals surface area contributed by atoms with Crippen LogP contribution in [0.15, 0.2) is 0 Å². The smallest absolute Gasteiger partial charge is 0.240 e. The van der Waals surface area contributed by atoms with Gasteiger partial charge in [0, 0.05) is 19.8 Å². The highest BCUT2D eigenvalue weighted by Gasteiger charge is 2.30. The Bertz CT molecular complexity index is 221. The fourth-order valence-electron chi connectivity index (χ4n) is 1.93. The summed E-state index contributed by atoms with van der Waals surface area (Å²) in [7, 11) is 0. The third-order valence-electron chi connectivity index (χ3n) is 3.61. The van der Waals surface area contributed by atoms with Gasteiger partial charge in [0.1, 0.15) is 0 Å². The maximum absolute atomic E-state index is 11.9. The van der Waals surface area contributed by atoms with Crippen LogP contribution in [-0.4, -0.2) is 31.2 Å². The quantitative estimate of drug-likeness (QED) is 0.739. The maximum Gasteiger partial charge on any atom is 0.240 e. The molecule has 0 atom stereocenters. The zero-order valence-electron chi connectivity index (χ0n) is 10.4. The number of hydrogen-bond donors (Lipinski definition) is 2. The molecule has 1 heterocycles. The first-order valence-corrected chi connectivity index (χ1v) is 6.27. The number of carbonyl (C=O) groups is 1. The van der Waals surface area contributed by atoms with Crippen LogP contribution in [0.2, 0.25) is 0 Å². The Morgan fingerprint density at radius 3 is 2.44 bits per heavy atom. The first kappa shape index (κ1) is 13.5. The molecule has 1 rings (SSSR count). The number of amides is 1. The van der Waals surface area contributed by atoms with E-state index < -0.39 is 5.54 Å². The molecule has 4 nitrogen and oxygen atoms in total. The average Bonchev–Trinajstić information content (AvgIpc) is 2.36. The van der Waals surface area contributed by atoms with Gasteiger partial charge in [0.2, 0.25) is 5.91 Å². The van der Waals surface area contributed by atoms with E-state index in [-0.39, 0.29) is 5.91 Å². The van der Waals surface area contributed by atoms with Gasteiger partial charge in [-0.1, -0.05) is 13.8 Å². The minimum absolute atomic E-state index is 0.0102. The van der Waals surface area contributed by atoms with Crippen LogP contribution in [0.3, 0.4) is 0 Å². The van der Waals surface area contributed by atoms with Crippen molar-refractivity contribution < 1.29 is 9.53 Å². The molecule has 0 radical (unpaired) electrons. The first-order valence-electron chi connectivity index (χ1n) is 6.27. The molecule has 1 aliphatic heterocycles. The summed E-state index contributed by atoms with van der Waals surface area (Å²) in [6, 6.07) is 0. The third-order valence-corrected chi connectivity index (χ3v) is 3.61. The van der Waals surface area contributed by atoms with E-state index in [2.05, 4.69) is 5.32 Å². The van der Waals surface area contributed by atoms with Gasteiger partial charge >= 0.3 is 0 Å². The Morgan fingerprint density at radius 1 is 1.38 bits per heavy atom. The summed E-state index contributed by atoms with van der Waals surface area (Å²) in [4.78, 5) is 11.9. The Hall–Kier alpha value is -0.610. The van der Waals surface area contributed by atoms with Gasteiger partial charge in [0.25, 0.3) is 0 Å².